The van der Waals surface area contributed by atoms with Crippen molar-refractivity contribution in [2.45, 2.75) is 6.92 Å². The van der Waals surface area contributed by atoms with Gasteiger partial charge in [-0.2, -0.15) is 5.10 Å². The number of aromatic nitrogens is 3. The summed E-state index contributed by atoms with van der Waals surface area (Å²) in [5.41, 5.74) is 3.03. The van der Waals surface area contributed by atoms with Gasteiger partial charge in [0, 0.05) is 34.5 Å². The first kappa shape index (κ1) is 15.9. The molecule has 0 fully saturated rings. The predicted molar refractivity (Wildman–Crippen MR) is 97.4 cm³/mol. The molecule has 1 aromatic carbocycles. The average Bonchev–Trinajstić information content (AvgIpc) is 3.27. The van der Waals surface area contributed by atoms with E-state index in [1.165, 1.54) is 6.20 Å². The van der Waals surface area contributed by atoms with Crippen LogP contribution in [0.2, 0.25) is 0 Å². The third kappa shape index (κ3) is 2.79. The summed E-state index contributed by atoms with van der Waals surface area (Å²) < 4.78 is 6.60. The molecule has 7 nitrogen and oxygen atoms in total. The molecule has 130 valence electrons. The lowest BCUT2D eigenvalue weighted by Crippen LogP contribution is -2.12. The van der Waals surface area contributed by atoms with Crippen molar-refractivity contribution in [2.24, 2.45) is 0 Å². The second kappa shape index (κ2) is 6.36. The van der Waals surface area contributed by atoms with E-state index in [0.717, 1.165) is 10.9 Å². The maximum Gasteiger partial charge on any atom is 0.341 e. The third-order valence-electron chi connectivity index (χ3n) is 4.09. The highest BCUT2D eigenvalue weighted by Crippen LogP contribution is 2.19. The molecule has 0 unspecified atom stereocenters. The molecule has 2 N–H and O–H groups in total. The number of anilines is 1. The minimum Gasteiger partial charge on any atom is -0.462 e. The molecule has 4 aromatic rings. The Morgan fingerprint density at radius 2 is 2.12 bits per heavy atom. The number of benzene rings is 1. The van der Waals surface area contributed by atoms with Crippen molar-refractivity contribution in [2.75, 3.05) is 11.9 Å². The molecular formula is C19H16N4O3. The van der Waals surface area contributed by atoms with E-state index < -0.39 is 5.97 Å². The number of carbonyl (C=O) groups is 2. The van der Waals surface area contributed by atoms with Gasteiger partial charge in [0.2, 0.25) is 0 Å². The van der Waals surface area contributed by atoms with Gasteiger partial charge in [-0.15, -0.1) is 0 Å². The van der Waals surface area contributed by atoms with Gasteiger partial charge in [-0.05, 0) is 43.3 Å². The maximum atomic E-state index is 12.5. The summed E-state index contributed by atoms with van der Waals surface area (Å²) in [4.78, 5) is 27.6. The zero-order valence-corrected chi connectivity index (χ0v) is 14.0. The quantitative estimate of drug-likeness (QED) is 0.554. The van der Waals surface area contributed by atoms with Crippen LogP contribution in [0.5, 0.6) is 0 Å². The van der Waals surface area contributed by atoms with Gasteiger partial charge in [0.25, 0.3) is 5.91 Å². The zero-order valence-electron chi connectivity index (χ0n) is 14.0. The molecule has 7 heteroatoms. The van der Waals surface area contributed by atoms with E-state index in [2.05, 4.69) is 15.4 Å². The van der Waals surface area contributed by atoms with Crippen LogP contribution < -0.4 is 5.32 Å². The summed E-state index contributed by atoms with van der Waals surface area (Å²) >= 11 is 0. The summed E-state index contributed by atoms with van der Waals surface area (Å²) in [6.07, 6.45) is 4.97. The molecule has 4 rings (SSSR count). The number of esters is 1. The van der Waals surface area contributed by atoms with E-state index in [1.54, 1.807) is 35.8 Å². The summed E-state index contributed by atoms with van der Waals surface area (Å²) in [6, 6.07) is 10.8. The highest BCUT2D eigenvalue weighted by Gasteiger charge is 2.15. The number of pyridine rings is 1. The second-order valence-corrected chi connectivity index (χ2v) is 5.76. The SMILES string of the molecule is CCOC(=O)c1cnn2ccc(NC(=O)c3ccc4[nH]ccc4c3)cc12. The summed E-state index contributed by atoms with van der Waals surface area (Å²) in [6.45, 7) is 2.03. The van der Waals surface area contributed by atoms with E-state index in [1.807, 2.05) is 24.4 Å². The van der Waals surface area contributed by atoms with Gasteiger partial charge < -0.3 is 15.0 Å². The zero-order chi connectivity index (χ0) is 18.1. The van der Waals surface area contributed by atoms with Crippen LogP contribution in [0.25, 0.3) is 16.4 Å². The first-order chi connectivity index (χ1) is 12.7. The molecule has 0 bridgehead atoms. The Bertz CT molecular complexity index is 1130. The Morgan fingerprint density at radius 3 is 2.96 bits per heavy atom. The number of H-pyrrole nitrogens is 1. The van der Waals surface area contributed by atoms with Crippen molar-refractivity contribution < 1.29 is 14.3 Å². The first-order valence-corrected chi connectivity index (χ1v) is 8.18. The number of hydrogen-bond acceptors (Lipinski definition) is 4. The second-order valence-electron chi connectivity index (χ2n) is 5.76. The predicted octanol–water partition coefficient (Wildman–Crippen LogP) is 3.24. The number of rotatable bonds is 4. The number of nitrogens with one attached hydrogen (secondary N) is 2. The van der Waals surface area contributed by atoms with Crippen LogP contribution in [0.4, 0.5) is 5.69 Å². The summed E-state index contributed by atoms with van der Waals surface area (Å²) in [7, 11) is 0. The molecular weight excluding hydrogens is 332 g/mol. The summed E-state index contributed by atoms with van der Waals surface area (Å²) in [5, 5.41) is 7.95. The number of amides is 1. The Labute approximate surface area is 148 Å². The topological polar surface area (TPSA) is 88.5 Å². The maximum absolute atomic E-state index is 12.5. The van der Waals surface area contributed by atoms with Gasteiger partial charge in [0.1, 0.15) is 5.56 Å². The van der Waals surface area contributed by atoms with Gasteiger partial charge in [0.15, 0.2) is 0 Å². The monoisotopic (exact) mass is 348 g/mol. The molecule has 0 atom stereocenters. The molecule has 0 aliphatic carbocycles. The number of aromatic amines is 1. The van der Waals surface area contributed by atoms with Crippen LogP contribution in [0.15, 0.2) is 55.0 Å². The Balaban J connectivity index is 1.62. The molecule has 26 heavy (non-hydrogen) atoms. The fourth-order valence-electron chi connectivity index (χ4n) is 2.82. The van der Waals surface area contributed by atoms with E-state index in [4.69, 9.17) is 4.74 Å². The van der Waals surface area contributed by atoms with Crippen LogP contribution in [0.1, 0.15) is 27.6 Å². The van der Waals surface area contributed by atoms with E-state index in [-0.39, 0.29) is 12.5 Å². The molecule has 3 aromatic heterocycles. The lowest BCUT2D eigenvalue weighted by molar-refractivity contribution is 0.0528. The van der Waals surface area contributed by atoms with E-state index in [0.29, 0.717) is 22.3 Å². The van der Waals surface area contributed by atoms with E-state index >= 15 is 0 Å². The Hall–Kier alpha value is -3.61. The van der Waals surface area contributed by atoms with Crippen LogP contribution in [0.3, 0.4) is 0 Å². The molecule has 1 amide bonds. The molecule has 0 aliphatic rings. The number of ether oxygens (including phenoxy) is 1. The molecule has 3 heterocycles. The van der Waals surface area contributed by atoms with Crippen molar-refractivity contribution in [1.82, 2.24) is 14.6 Å². The molecule has 0 saturated heterocycles. The minimum absolute atomic E-state index is 0.227. The number of fused-ring (bicyclic) bond motifs is 2. The van der Waals surface area contributed by atoms with Gasteiger partial charge in [-0.1, -0.05) is 0 Å². The van der Waals surface area contributed by atoms with Crippen LogP contribution in [0, 0.1) is 0 Å². The van der Waals surface area contributed by atoms with Crippen LogP contribution >= 0.6 is 0 Å². The molecule has 0 spiro atoms. The van der Waals surface area contributed by atoms with Gasteiger partial charge >= 0.3 is 5.97 Å². The number of nitrogens with zero attached hydrogens (tertiary/aromatic N) is 2. The van der Waals surface area contributed by atoms with Crippen molar-refractivity contribution in [3.05, 3.63) is 66.1 Å². The van der Waals surface area contributed by atoms with Gasteiger partial charge in [-0.3, -0.25) is 4.79 Å². The summed E-state index contributed by atoms with van der Waals surface area (Å²) in [5.74, 6) is -0.668. The Kier molecular flexibility index (Phi) is 3.89. The van der Waals surface area contributed by atoms with Crippen molar-refractivity contribution in [3.8, 4) is 0 Å². The molecule has 0 aliphatic heterocycles. The minimum atomic E-state index is -0.441. The molecule has 0 saturated carbocycles. The highest BCUT2D eigenvalue weighted by atomic mass is 16.5. The van der Waals surface area contributed by atoms with Crippen molar-refractivity contribution in [1.29, 1.82) is 0 Å². The van der Waals surface area contributed by atoms with E-state index in [9.17, 15) is 9.59 Å². The lowest BCUT2D eigenvalue weighted by atomic mass is 10.1. The first-order valence-electron chi connectivity index (χ1n) is 8.18. The lowest BCUT2D eigenvalue weighted by Gasteiger charge is -2.07. The standard InChI is InChI=1S/C19H16N4O3/c1-2-26-19(25)15-11-21-23-8-6-14(10-17(15)23)22-18(24)13-3-4-16-12(9-13)5-7-20-16/h3-11,20H,2H2,1H3,(H,22,24). The van der Waals surface area contributed by atoms with Crippen molar-refractivity contribution >= 4 is 34.0 Å². The largest absolute Gasteiger partial charge is 0.462 e. The number of carbonyl (C=O) groups excluding carboxylic acids is 2. The van der Waals surface area contributed by atoms with Gasteiger partial charge in [0.05, 0.1) is 18.3 Å². The smallest absolute Gasteiger partial charge is 0.341 e. The number of hydrogen-bond donors (Lipinski definition) is 2. The van der Waals surface area contributed by atoms with Gasteiger partial charge in [-0.25, -0.2) is 9.31 Å². The fourth-order valence-corrected chi connectivity index (χ4v) is 2.82. The van der Waals surface area contributed by atoms with Crippen LogP contribution in [-0.4, -0.2) is 33.1 Å². The fraction of sp³-hybridized carbons (Fsp3) is 0.105. The molecule has 0 radical (unpaired) electrons. The third-order valence-corrected chi connectivity index (χ3v) is 4.09. The highest BCUT2D eigenvalue weighted by molar-refractivity contribution is 6.07. The normalized spacial score (nSPS) is 11.0. The Morgan fingerprint density at radius 1 is 1.23 bits per heavy atom. The van der Waals surface area contributed by atoms with Crippen molar-refractivity contribution in [3.63, 3.8) is 0 Å². The van der Waals surface area contributed by atoms with Crippen LogP contribution in [-0.2, 0) is 4.74 Å². The average molecular weight is 348 g/mol.